The van der Waals surface area contributed by atoms with E-state index < -0.39 is 5.97 Å². The second-order valence-corrected chi connectivity index (χ2v) is 5.03. The molecule has 2 aromatic rings. The van der Waals surface area contributed by atoms with E-state index in [9.17, 15) is 9.59 Å². The fraction of sp³-hybridized carbons (Fsp3) is 0.125. The minimum absolute atomic E-state index is 0.141. The third-order valence-corrected chi connectivity index (χ3v) is 3.15. The third kappa shape index (κ3) is 4.61. The van der Waals surface area contributed by atoms with Crippen molar-refractivity contribution in [2.45, 2.75) is 13.0 Å². The maximum absolute atomic E-state index is 11.8. The van der Waals surface area contributed by atoms with Crippen molar-refractivity contribution in [2.75, 3.05) is 0 Å². The fourth-order valence-electron chi connectivity index (χ4n) is 1.91. The van der Waals surface area contributed by atoms with E-state index in [1.54, 1.807) is 36.4 Å². The van der Waals surface area contributed by atoms with E-state index in [-0.39, 0.29) is 17.9 Å². The summed E-state index contributed by atoms with van der Waals surface area (Å²) in [6, 6.07) is 13.6. The number of hydrogen-bond acceptors (Lipinski definition) is 2. The maximum atomic E-state index is 11.8. The van der Waals surface area contributed by atoms with E-state index in [4.69, 9.17) is 16.7 Å². The summed E-state index contributed by atoms with van der Waals surface area (Å²) in [5, 5.41) is 12.3. The van der Waals surface area contributed by atoms with E-state index in [2.05, 4.69) is 5.32 Å². The molecule has 0 fully saturated rings. The molecular formula is C16H14ClNO3. The van der Waals surface area contributed by atoms with Crippen LogP contribution in [0.15, 0.2) is 48.5 Å². The number of aromatic carboxylic acids is 1. The number of carboxylic acid groups (broad SMARTS) is 1. The summed E-state index contributed by atoms with van der Waals surface area (Å²) >= 11 is 5.86. The summed E-state index contributed by atoms with van der Waals surface area (Å²) in [7, 11) is 0. The highest BCUT2D eigenvalue weighted by molar-refractivity contribution is 6.30. The topological polar surface area (TPSA) is 66.4 Å². The van der Waals surface area contributed by atoms with Crippen LogP contribution in [-0.4, -0.2) is 17.0 Å². The van der Waals surface area contributed by atoms with Gasteiger partial charge in [-0.05, 0) is 35.4 Å². The Hall–Kier alpha value is -2.33. The summed E-state index contributed by atoms with van der Waals surface area (Å²) in [6.07, 6.45) is 0.235. The molecule has 4 nitrogen and oxygen atoms in total. The van der Waals surface area contributed by atoms with Crippen LogP contribution in [0.3, 0.4) is 0 Å². The van der Waals surface area contributed by atoms with Crippen molar-refractivity contribution in [1.82, 2.24) is 5.32 Å². The SMILES string of the molecule is O=C(Cc1cccc(Cl)c1)NCc1cccc(C(=O)O)c1. The van der Waals surface area contributed by atoms with Gasteiger partial charge in [0.2, 0.25) is 5.91 Å². The molecular weight excluding hydrogens is 290 g/mol. The zero-order valence-electron chi connectivity index (χ0n) is 11.2. The van der Waals surface area contributed by atoms with Crippen molar-refractivity contribution in [1.29, 1.82) is 0 Å². The molecule has 0 aliphatic heterocycles. The molecule has 21 heavy (non-hydrogen) atoms. The predicted octanol–water partition coefficient (Wildman–Crippen LogP) is 2.90. The Kier molecular flexibility index (Phi) is 4.95. The normalized spacial score (nSPS) is 10.1. The Bertz CT molecular complexity index is 670. The molecule has 0 aromatic heterocycles. The van der Waals surface area contributed by atoms with Gasteiger partial charge in [-0.1, -0.05) is 35.9 Å². The number of nitrogens with one attached hydrogen (secondary N) is 1. The van der Waals surface area contributed by atoms with Gasteiger partial charge in [0, 0.05) is 11.6 Å². The Labute approximate surface area is 127 Å². The van der Waals surface area contributed by atoms with Crippen LogP contribution in [0.1, 0.15) is 21.5 Å². The lowest BCUT2D eigenvalue weighted by molar-refractivity contribution is -0.120. The van der Waals surface area contributed by atoms with Gasteiger partial charge in [-0.15, -0.1) is 0 Å². The highest BCUT2D eigenvalue weighted by atomic mass is 35.5. The van der Waals surface area contributed by atoms with Crippen LogP contribution in [0.25, 0.3) is 0 Å². The summed E-state index contributed by atoms with van der Waals surface area (Å²) in [5.74, 6) is -1.12. The molecule has 0 atom stereocenters. The number of halogens is 1. The lowest BCUT2D eigenvalue weighted by atomic mass is 10.1. The summed E-state index contributed by atoms with van der Waals surface area (Å²) < 4.78 is 0. The van der Waals surface area contributed by atoms with Crippen molar-refractivity contribution in [3.63, 3.8) is 0 Å². The van der Waals surface area contributed by atoms with Crippen molar-refractivity contribution in [2.24, 2.45) is 0 Å². The molecule has 0 bridgehead atoms. The molecule has 1 amide bonds. The van der Waals surface area contributed by atoms with E-state index in [1.165, 1.54) is 6.07 Å². The molecule has 0 radical (unpaired) electrons. The van der Waals surface area contributed by atoms with Crippen LogP contribution >= 0.6 is 11.6 Å². The molecule has 2 rings (SSSR count). The Morgan fingerprint density at radius 2 is 1.76 bits per heavy atom. The number of carboxylic acids is 1. The molecule has 5 heteroatoms. The van der Waals surface area contributed by atoms with Gasteiger partial charge >= 0.3 is 5.97 Å². The second kappa shape index (κ2) is 6.90. The van der Waals surface area contributed by atoms with Gasteiger partial charge < -0.3 is 10.4 Å². The Balaban J connectivity index is 1.92. The summed E-state index contributed by atoms with van der Waals surface area (Å²) in [6.45, 7) is 0.292. The number of benzene rings is 2. The van der Waals surface area contributed by atoms with Crippen molar-refractivity contribution < 1.29 is 14.7 Å². The Morgan fingerprint density at radius 3 is 2.48 bits per heavy atom. The molecule has 2 N–H and O–H groups in total. The Morgan fingerprint density at radius 1 is 1.05 bits per heavy atom. The van der Waals surface area contributed by atoms with Gasteiger partial charge in [0.05, 0.1) is 12.0 Å². The number of rotatable bonds is 5. The van der Waals surface area contributed by atoms with E-state index >= 15 is 0 Å². The molecule has 0 spiro atoms. The molecule has 0 saturated carbocycles. The zero-order valence-corrected chi connectivity index (χ0v) is 11.9. The first-order valence-corrected chi connectivity index (χ1v) is 6.76. The minimum atomic E-state index is -0.984. The highest BCUT2D eigenvalue weighted by Crippen LogP contribution is 2.11. The molecule has 0 unspecified atom stereocenters. The summed E-state index contributed by atoms with van der Waals surface area (Å²) in [4.78, 5) is 22.7. The van der Waals surface area contributed by atoms with E-state index in [0.29, 0.717) is 11.6 Å². The smallest absolute Gasteiger partial charge is 0.335 e. The fourth-order valence-corrected chi connectivity index (χ4v) is 2.12. The molecule has 0 aliphatic carbocycles. The standard InChI is InChI=1S/C16H14ClNO3/c17-14-6-2-3-11(8-14)9-15(19)18-10-12-4-1-5-13(7-12)16(20)21/h1-8H,9-10H2,(H,18,19)(H,20,21). The van der Waals surface area contributed by atoms with Gasteiger partial charge in [0.15, 0.2) is 0 Å². The van der Waals surface area contributed by atoms with Crippen LogP contribution in [0.4, 0.5) is 0 Å². The van der Waals surface area contributed by atoms with Crippen LogP contribution < -0.4 is 5.32 Å². The predicted molar refractivity (Wildman–Crippen MR) is 80.4 cm³/mol. The first kappa shape index (κ1) is 15.1. The quantitative estimate of drug-likeness (QED) is 0.892. The monoisotopic (exact) mass is 303 g/mol. The van der Waals surface area contributed by atoms with Crippen LogP contribution in [0.2, 0.25) is 5.02 Å². The highest BCUT2D eigenvalue weighted by Gasteiger charge is 2.06. The number of carbonyl (C=O) groups excluding carboxylic acids is 1. The molecule has 0 aliphatic rings. The van der Waals surface area contributed by atoms with Gasteiger partial charge in [-0.2, -0.15) is 0 Å². The zero-order chi connectivity index (χ0) is 15.2. The lowest BCUT2D eigenvalue weighted by Gasteiger charge is -2.06. The average molecular weight is 304 g/mol. The van der Waals surface area contributed by atoms with Gasteiger partial charge in [-0.25, -0.2) is 4.79 Å². The van der Waals surface area contributed by atoms with Gasteiger partial charge in [0.25, 0.3) is 0 Å². The lowest BCUT2D eigenvalue weighted by Crippen LogP contribution is -2.24. The maximum Gasteiger partial charge on any atom is 0.335 e. The molecule has 0 saturated heterocycles. The number of hydrogen-bond donors (Lipinski definition) is 2. The largest absolute Gasteiger partial charge is 0.478 e. The van der Waals surface area contributed by atoms with Crippen molar-refractivity contribution >= 4 is 23.5 Å². The summed E-state index contributed by atoms with van der Waals surface area (Å²) in [5.41, 5.74) is 1.78. The average Bonchev–Trinajstić information content (AvgIpc) is 2.45. The molecule has 0 heterocycles. The third-order valence-electron chi connectivity index (χ3n) is 2.92. The van der Waals surface area contributed by atoms with Crippen molar-refractivity contribution in [3.05, 3.63) is 70.2 Å². The van der Waals surface area contributed by atoms with Crippen LogP contribution in [0.5, 0.6) is 0 Å². The van der Waals surface area contributed by atoms with Gasteiger partial charge in [0.1, 0.15) is 0 Å². The number of amides is 1. The molecule has 2 aromatic carbocycles. The van der Waals surface area contributed by atoms with E-state index in [1.807, 2.05) is 6.07 Å². The van der Waals surface area contributed by atoms with Gasteiger partial charge in [-0.3, -0.25) is 4.79 Å². The first-order valence-electron chi connectivity index (χ1n) is 6.38. The van der Waals surface area contributed by atoms with E-state index in [0.717, 1.165) is 11.1 Å². The second-order valence-electron chi connectivity index (χ2n) is 4.59. The minimum Gasteiger partial charge on any atom is -0.478 e. The molecule has 108 valence electrons. The van der Waals surface area contributed by atoms with Crippen LogP contribution in [-0.2, 0) is 17.8 Å². The van der Waals surface area contributed by atoms with Crippen molar-refractivity contribution in [3.8, 4) is 0 Å². The van der Waals surface area contributed by atoms with Crippen LogP contribution in [0, 0.1) is 0 Å². The number of carbonyl (C=O) groups is 2. The first-order chi connectivity index (χ1) is 10.0.